The van der Waals surface area contributed by atoms with E-state index >= 15 is 0 Å². The van der Waals surface area contributed by atoms with Gasteiger partial charge in [0.15, 0.2) is 5.76 Å². The predicted molar refractivity (Wildman–Crippen MR) is 88.5 cm³/mol. The van der Waals surface area contributed by atoms with Crippen LogP contribution in [0.4, 0.5) is 5.69 Å². The van der Waals surface area contributed by atoms with Crippen molar-refractivity contribution >= 4 is 17.8 Å². The summed E-state index contributed by atoms with van der Waals surface area (Å²) in [5.74, 6) is 0.594. The van der Waals surface area contributed by atoms with E-state index in [1.54, 1.807) is 25.3 Å². The zero-order chi connectivity index (χ0) is 15.9. The van der Waals surface area contributed by atoms with Gasteiger partial charge in [-0.05, 0) is 50.6 Å². The Morgan fingerprint density at radius 1 is 1.18 bits per heavy atom. The summed E-state index contributed by atoms with van der Waals surface area (Å²) in [7, 11) is 0. The third-order valence-electron chi connectivity index (χ3n) is 3.37. The van der Waals surface area contributed by atoms with E-state index in [-0.39, 0.29) is 11.7 Å². The molecule has 5 heteroatoms. The topological polar surface area (TPSA) is 57.8 Å². The fourth-order valence-corrected chi connectivity index (χ4v) is 2.14. The summed E-state index contributed by atoms with van der Waals surface area (Å²) in [5.41, 5.74) is 4.55. The van der Waals surface area contributed by atoms with E-state index in [4.69, 9.17) is 4.42 Å². The van der Waals surface area contributed by atoms with Crippen molar-refractivity contribution in [2.24, 2.45) is 5.10 Å². The number of carbonyl (C=O) groups excluding carboxylic acids is 1. The molecule has 0 atom stereocenters. The van der Waals surface area contributed by atoms with Gasteiger partial charge in [-0.3, -0.25) is 4.79 Å². The number of amides is 1. The van der Waals surface area contributed by atoms with Crippen molar-refractivity contribution in [2.75, 3.05) is 18.0 Å². The summed E-state index contributed by atoms with van der Waals surface area (Å²) < 4.78 is 5.22. The second-order valence-electron chi connectivity index (χ2n) is 4.87. The van der Waals surface area contributed by atoms with Gasteiger partial charge in [-0.2, -0.15) is 5.10 Å². The Morgan fingerprint density at radius 3 is 2.41 bits per heavy atom. The number of nitrogens with zero attached hydrogens (tertiary/aromatic N) is 2. The Labute approximate surface area is 130 Å². The maximum Gasteiger partial charge on any atom is 0.307 e. The fourth-order valence-electron chi connectivity index (χ4n) is 2.14. The van der Waals surface area contributed by atoms with Crippen molar-refractivity contribution < 1.29 is 9.21 Å². The Balaban J connectivity index is 1.94. The molecule has 0 aliphatic heterocycles. The quantitative estimate of drug-likeness (QED) is 0.658. The second-order valence-corrected chi connectivity index (χ2v) is 4.87. The van der Waals surface area contributed by atoms with Crippen LogP contribution < -0.4 is 10.3 Å². The lowest BCUT2D eigenvalue weighted by atomic mass is 10.2. The van der Waals surface area contributed by atoms with E-state index in [9.17, 15) is 4.79 Å². The molecule has 0 fully saturated rings. The molecule has 1 aromatic heterocycles. The van der Waals surface area contributed by atoms with Gasteiger partial charge in [0.2, 0.25) is 0 Å². The number of benzene rings is 1. The lowest BCUT2D eigenvalue weighted by molar-refractivity contribution is 0.0926. The molecule has 0 saturated heterocycles. The first kappa shape index (κ1) is 15.8. The van der Waals surface area contributed by atoms with Gasteiger partial charge in [0.1, 0.15) is 5.76 Å². The molecular weight excluding hydrogens is 278 g/mol. The molecule has 0 aliphatic rings. The van der Waals surface area contributed by atoms with E-state index in [0.717, 1.165) is 18.7 Å². The van der Waals surface area contributed by atoms with Crippen LogP contribution in [0.25, 0.3) is 0 Å². The summed E-state index contributed by atoms with van der Waals surface area (Å²) in [6, 6.07) is 11.4. The van der Waals surface area contributed by atoms with Crippen LogP contribution in [0.3, 0.4) is 0 Å². The molecule has 0 aliphatic carbocycles. The zero-order valence-electron chi connectivity index (χ0n) is 13.2. The molecule has 0 bridgehead atoms. The van der Waals surface area contributed by atoms with Crippen LogP contribution in [-0.4, -0.2) is 25.2 Å². The summed E-state index contributed by atoms with van der Waals surface area (Å²) in [6.45, 7) is 8.00. The van der Waals surface area contributed by atoms with Crippen molar-refractivity contribution in [1.82, 2.24) is 5.43 Å². The van der Waals surface area contributed by atoms with Crippen LogP contribution in [0, 0.1) is 6.92 Å². The molecule has 5 nitrogen and oxygen atoms in total. The van der Waals surface area contributed by atoms with Gasteiger partial charge in [0.25, 0.3) is 0 Å². The molecule has 1 heterocycles. The number of furan rings is 1. The van der Waals surface area contributed by atoms with E-state index in [0.29, 0.717) is 5.76 Å². The largest absolute Gasteiger partial charge is 0.456 e. The molecule has 116 valence electrons. The van der Waals surface area contributed by atoms with Gasteiger partial charge in [0.05, 0.1) is 6.21 Å². The SMILES string of the molecule is CCN(CC)c1ccc(/C=N\NC(=O)c2ccc(C)o2)cc1. The smallest absolute Gasteiger partial charge is 0.307 e. The summed E-state index contributed by atoms with van der Waals surface area (Å²) in [5, 5.41) is 3.94. The average molecular weight is 299 g/mol. The first-order chi connectivity index (χ1) is 10.6. The van der Waals surface area contributed by atoms with Crippen molar-refractivity contribution in [2.45, 2.75) is 20.8 Å². The highest BCUT2D eigenvalue weighted by Gasteiger charge is 2.08. The molecule has 22 heavy (non-hydrogen) atoms. The number of anilines is 1. The molecular formula is C17H21N3O2. The number of hydrazone groups is 1. The highest BCUT2D eigenvalue weighted by Crippen LogP contribution is 2.14. The van der Waals surface area contributed by atoms with E-state index in [1.165, 1.54) is 5.69 Å². The maximum absolute atomic E-state index is 11.7. The Bertz CT molecular complexity index is 640. The number of hydrogen-bond donors (Lipinski definition) is 1. The molecule has 1 aromatic carbocycles. The number of rotatable bonds is 6. The van der Waals surface area contributed by atoms with Crippen LogP contribution in [0.5, 0.6) is 0 Å². The van der Waals surface area contributed by atoms with Crippen molar-refractivity contribution in [3.05, 3.63) is 53.5 Å². The molecule has 0 spiro atoms. The molecule has 0 saturated carbocycles. The molecule has 2 aromatic rings. The van der Waals surface area contributed by atoms with Crippen molar-refractivity contribution in [1.29, 1.82) is 0 Å². The van der Waals surface area contributed by atoms with E-state index in [1.807, 2.05) is 24.3 Å². The summed E-state index contributed by atoms with van der Waals surface area (Å²) in [4.78, 5) is 14.0. The standard InChI is InChI=1S/C17H21N3O2/c1-4-20(5-2)15-9-7-14(8-10-15)12-18-19-17(21)16-11-6-13(3)22-16/h6-12H,4-5H2,1-3H3,(H,19,21)/b18-12-. The minimum atomic E-state index is -0.357. The molecule has 1 amide bonds. The molecule has 1 N–H and O–H groups in total. The van der Waals surface area contributed by atoms with E-state index in [2.05, 4.69) is 29.3 Å². The normalized spacial score (nSPS) is 10.9. The van der Waals surface area contributed by atoms with Gasteiger partial charge < -0.3 is 9.32 Å². The predicted octanol–water partition coefficient (Wildman–Crippen LogP) is 3.20. The van der Waals surface area contributed by atoms with Gasteiger partial charge in [-0.1, -0.05) is 12.1 Å². The van der Waals surface area contributed by atoms with Gasteiger partial charge in [0, 0.05) is 18.8 Å². The Hall–Kier alpha value is -2.56. The number of nitrogens with one attached hydrogen (secondary N) is 1. The van der Waals surface area contributed by atoms with Crippen LogP contribution >= 0.6 is 0 Å². The monoisotopic (exact) mass is 299 g/mol. The second kappa shape index (κ2) is 7.45. The average Bonchev–Trinajstić information content (AvgIpc) is 2.96. The molecule has 2 rings (SSSR count). The first-order valence-electron chi connectivity index (χ1n) is 7.39. The number of carbonyl (C=O) groups is 1. The highest BCUT2D eigenvalue weighted by atomic mass is 16.3. The van der Waals surface area contributed by atoms with Gasteiger partial charge in [-0.15, -0.1) is 0 Å². The lowest BCUT2D eigenvalue weighted by Crippen LogP contribution is -2.21. The number of aryl methyl sites for hydroxylation is 1. The third kappa shape index (κ3) is 3.97. The number of hydrogen-bond acceptors (Lipinski definition) is 4. The summed E-state index contributed by atoms with van der Waals surface area (Å²) in [6.07, 6.45) is 1.61. The Kier molecular flexibility index (Phi) is 5.36. The minimum absolute atomic E-state index is 0.256. The molecule has 0 unspecified atom stereocenters. The Morgan fingerprint density at radius 2 is 1.86 bits per heavy atom. The third-order valence-corrected chi connectivity index (χ3v) is 3.37. The van der Waals surface area contributed by atoms with Crippen LogP contribution in [0.15, 0.2) is 45.9 Å². The van der Waals surface area contributed by atoms with Crippen molar-refractivity contribution in [3.8, 4) is 0 Å². The minimum Gasteiger partial charge on any atom is -0.456 e. The van der Waals surface area contributed by atoms with Crippen molar-refractivity contribution in [3.63, 3.8) is 0 Å². The lowest BCUT2D eigenvalue weighted by Gasteiger charge is -2.20. The van der Waals surface area contributed by atoms with Crippen LogP contribution in [0.2, 0.25) is 0 Å². The fraction of sp³-hybridized carbons (Fsp3) is 0.294. The highest BCUT2D eigenvalue weighted by molar-refractivity contribution is 5.92. The van der Waals surface area contributed by atoms with Crippen LogP contribution in [-0.2, 0) is 0 Å². The zero-order valence-corrected chi connectivity index (χ0v) is 13.2. The maximum atomic E-state index is 11.7. The van der Waals surface area contributed by atoms with Crippen LogP contribution in [0.1, 0.15) is 35.7 Å². The molecule has 0 radical (unpaired) electrons. The van der Waals surface area contributed by atoms with E-state index < -0.39 is 0 Å². The van der Waals surface area contributed by atoms with Gasteiger partial charge >= 0.3 is 5.91 Å². The van der Waals surface area contributed by atoms with Gasteiger partial charge in [-0.25, -0.2) is 5.43 Å². The first-order valence-corrected chi connectivity index (χ1v) is 7.39. The summed E-state index contributed by atoms with van der Waals surface area (Å²) >= 11 is 0.